The van der Waals surface area contributed by atoms with E-state index in [2.05, 4.69) is 31.6 Å². The van der Waals surface area contributed by atoms with E-state index in [0.717, 1.165) is 42.3 Å². The van der Waals surface area contributed by atoms with Crippen LogP contribution in [0.5, 0.6) is 0 Å². The molecule has 0 bridgehead atoms. The summed E-state index contributed by atoms with van der Waals surface area (Å²) in [6.07, 6.45) is 5.34. The lowest BCUT2D eigenvalue weighted by Crippen LogP contribution is -2.62. The van der Waals surface area contributed by atoms with Gasteiger partial charge in [0.2, 0.25) is 5.91 Å². The summed E-state index contributed by atoms with van der Waals surface area (Å²) in [7, 11) is 1.72. The van der Waals surface area contributed by atoms with Gasteiger partial charge in [-0.3, -0.25) is 14.3 Å². The Labute approximate surface area is 166 Å². The van der Waals surface area contributed by atoms with Crippen LogP contribution >= 0.6 is 15.9 Å². The van der Waals surface area contributed by atoms with Crippen LogP contribution in [-0.2, 0) is 17.3 Å². The third kappa shape index (κ3) is 3.26. The number of nitrogens with one attached hydrogen (secondary N) is 1. The summed E-state index contributed by atoms with van der Waals surface area (Å²) in [5, 5.41) is 10.5. The first-order chi connectivity index (χ1) is 13.0. The molecule has 1 saturated heterocycles. The summed E-state index contributed by atoms with van der Waals surface area (Å²) in [5.41, 5.74) is 0.991. The molecule has 1 aromatic heterocycles. The number of likely N-dealkylation sites (tertiary alicyclic amines) is 1. The van der Waals surface area contributed by atoms with E-state index in [1.165, 1.54) is 4.68 Å². The second-order valence-corrected chi connectivity index (χ2v) is 8.29. The average molecular weight is 432 g/mol. The molecular formula is C19H22BrN5O2. The second kappa shape index (κ2) is 7.07. The zero-order valence-electron chi connectivity index (χ0n) is 15.2. The monoisotopic (exact) mass is 431 g/mol. The number of aromatic nitrogens is 3. The highest BCUT2D eigenvalue weighted by Crippen LogP contribution is 2.46. The lowest BCUT2D eigenvalue weighted by molar-refractivity contribution is -0.148. The van der Waals surface area contributed by atoms with Gasteiger partial charge in [-0.15, -0.1) is 5.10 Å². The number of aryl methyl sites for hydroxylation is 1. The summed E-state index contributed by atoms with van der Waals surface area (Å²) >= 11 is 3.46. The number of carbonyl (C=O) groups excluding carboxylic acids is 2. The minimum absolute atomic E-state index is 0.0473. The summed E-state index contributed by atoms with van der Waals surface area (Å²) in [5.74, 6) is -0.0604. The van der Waals surface area contributed by atoms with Crippen molar-refractivity contribution in [1.82, 2.24) is 25.2 Å². The van der Waals surface area contributed by atoms with Crippen molar-refractivity contribution in [2.24, 2.45) is 7.05 Å². The number of hydrogen-bond acceptors (Lipinski definition) is 4. The number of rotatable bonds is 5. The summed E-state index contributed by atoms with van der Waals surface area (Å²) in [6.45, 7) is 1.19. The van der Waals surface area contributed by atoms with Crippen molar-refractivity contribution in [2.45, 2.75) is 37.1 Å². The van der Waals surface area contributed by atoms with E-state index in [9.17, 15) is 9.59 Å². The van der Waals surface area contributed by atoms with E-state index in [-0.39, 0.29) is 17.9 Å². The number of carbonyl (C=O) groups is 2. The molecule has 2 fully saturated rings. The molecule has 1 N–H and O–H groups in total. The highest BCUT2D eigenvalue weighted by atomic mass is 79.9. The normalized spacial score (nSPS) is 20.5. The Morgan fingerprint density at radius 1 is 1.30 bits per heavy atom. The Kier molecular flexibility index (Phi) is 4.75. The Morgan fingerprint density at radius 2 is 2.04 bits per heavy atom. The first kappa shape index (κ1) is 18.2. The number of nitrogens with zero attached hydrogens (tertiary/aromatic N) is 4. The quantitative estimate of drug-likeness (QED) is 0.784. The molecule has 2 heterocycles. The molecule has 1 unspecified atom stereocenters. The van der Waals surface area contributed by atoms with Gasteiger partial charge in [-0.2, -0.15) is 0 Å². The van der Waals surface area contributed by atoms with Gasteiger partial charge in [0.25, 0.3) is 5.91 Å². The van der Waals surface area contributed by atoms with Gasteiger partial charge in [0.15, 0.2) is 5.69 Å². The lowest BCUT2D eigenvalue weighted by Gasteiger charge is -2.50. The molecule has 2 amide bonds. The van der Waals surface area contributed by atoms with Crippen LogP contribution in [0.25, 0.3) is 0 Å². The summed E-state index contributed by atoms with van der Waals surface area (Å²) in [4.78, 5) is 27.4. The van der Waals surface area contributed by atoms with Gasteiger partial charge in [-0.05, 0) is 37.0 Å². The number of benzene rings is 1. The summed E-state index contributed by atoms with van der Waals surface area (Å²) in [6, 6.07) is 8.14. The maximum atomic E-state index is 13.3. The van der Waals surface area contributed by atoms with Gasteiger partial charge < -0.3 is 10.2 Å². The molecule has 1 aliphatic heterocycles. The van der Waals surface area contributed by atoms with Gasteiger partial charge >= 0.3 is 0 Å². The fourth-order valence-corrected chi connectivity index (χ4v) is 4.14. The molecule has 1 aliphatic carbocycles. The molecule has 142 valence electrons. The van der Waals surface area contributed by atoms with Gasteiger partial charge in [0.1, 0.15) is 0 Å². The minimum atomic E-state index is -0.395. The van der Waals surface area contributed by atoms with Gasteiger partial charge in [0.05, 0.1) is 17.7 Å². The van der Waals surface area contributed by atoms with Crippen molar-refractivity contribution in [3.8, 4) is 0 Å². The topological polar surface area (TPSA) is 80.1 Å². The first-order valence-corrected chi connectivity index (χ1v) is 10.0. The van der Waals surface area contributed by atoms with E-state index in [4.69, 9.17) is 0 Å². The van der Waals surface area contributed by atoms with Crippen LogP contribution in [0.15, 0.2) is 34.9 Å². The van der Waals surface area contributed by atoms with E-state index < -0.39 is 5.41 Å². The SMILES string of the molecule is Cn1cc(C(=O)NCC2CCN2C(=O)C2(c3ccc(Br)cc3)CCC2)nn1. The van der Waals surface area contributed by atoms with Crippen molar-refractivity contribution in [1.29, 1.82) is 0 Å². The zero-order valence-corrected chi connectivity index (χ0v) is 16.8. The number of amides is 2. The highest BCUT2D eigenvalue weighted by molar-refractivity contribution is 9.10. The Morgan fingerprint density at radius 3 is 2.56 bits per heavy atom. The van der Waals surface area contributed by atoms with Crippen LogP contribution in [0.1, 0.15) is 41.7 Å². The van der Waals surface area contributed by atoms with Crippen LogP contribution in [0.4, 0.5) is 0 Å². The first-order valence-electron chi connectivity index (χ1n) is 9.21. The van der Waals surface area contributed by atoms with Gasteiger partial charge in [-0.1, -0.05) is 39.7 Å². The predicted molar refractivity (Wildman–Crippen MR) is 103 cm³/mol. The molecule has 8 heteroatoms. The molecule has 1 aromatic carbocycles. The van der Waals surface area contributed by atoms with Crippen molar-refractivity contribution in [3.63, 3.8) is 0 Å². The minimum Gasteiger partial charge on any atom is -0.349 e. The lowest BCUT2D eigenvalue weighted by atomic mass is 9.63. The maximum Gasteiger partial charge on any atom is 0.273 e. The Hall–Kier alpha value is -2.22. The van der Waals surface area contributed by atoms with Crippen LogP contribution in [-0.4, -0.2) is 50.8 Å². The van der Waals surface area contributed by atoms with Crippen molar-refractivity contribution in [3.05, 3.63) is 46.2 Å². The molecular weight excluding hydrogens is 410 g/mol. The number of halogens is 1. The third-order valence-corrected chi connectivity index (χ3v) is 6.28. The molecule has 7 nitrogen and oxygen atoms in total. The Balaban J connectivity index is 1.41. The Bertz CT molecular complexity index is 859. The van der Waals surface area contributed by atoms with Crippen molar-refractivity contribution in [2.75, 3.05) is 13.1 Å². The van der Waals surface area contributed by atoms with Crippen LogP contribution in [0.3, 0.4) is 0 Å². The fourth-order valence-electron chi connectivity index (χ4n) is 3.87. The third-order valence-electron chi connectivity index (χ3n) is 5.75. The van der Waals surface area contributed by atoms with E-state index >= 15 is 0 Å². The van der Waals surface area contributed by atoms with E-state index in [1.807, 2.05) is 29.2 Å². The molecule has 1 atom stereocenters. The van der Waals surface area contributed by atoms with Crippen molar-refractivity contribution < 1.29 is 9.59 Å². The second-order valence-electron chi connectivity index (χ2n) is 7.37. The van der Waals surface area contributed by atoms with Crippen LogP contribution in [0, 0.1) is 0 Å². The smallest absolute Gasteiger partial charge is 0.273 e. The standard InChI is InChI=1S/C19H22BrN5O2/c1-24-12-16(22-23-24)17(26)21-11-15-7-10-25(15)18(27)19(8-2-9-19)13-3-5-14(20)6-4-13/h3-6,12,15H,2,7-11H2,1H3,(H,21,26). The zero-order chi connectivity index (χ0) is 19.0. The fraction of sp³-hybridized carbons (Fsp3) is 0.474. The molecule has 27 heavy (non-hydrogen) atoms. The average Bonchev–Trinajstić information content (AvgIpc) is 3.01. The molecule has 2 aromatic rings. The van der Waals surface area contributed by atoms with E-state index in [0.29, 0.717) is 12.2 Å². The molecule has 4 rings (SSSR count). The maximum absolute atomic E-state index is 13.3. The van der Waals surface area contributed by atoms with Gasteiger partial charge in [-0.25, -0.2) is 0 Å². The molecule has 1 saturated carbocycles. The molecule has 0 radical (unpaired) electrons. The largest absolute Gasteiger partial charge is 0.349 e. The number of hydrogen-bond donors (Lipinski definition) is 1. The van der Waals surface area contributed by atoms with E-state index in [1.54, 1.807) is 13.2 Å². The van der Waals surface area contributed by atoms with Gasteiger partial charge in [0, 0.05) is 24.6 Å². The van der Waals surface area contributed by atoms with Crippen LogP contribution in [0.2, 0.25) is 0 Å². The highest BCUT2D eigenvalue weighted by Gasteiger charge is 2.50. The summed E-state index contributed by atoms with van der Waals surface area (Å²) < 4.78 is 2.51. The molecule has 2 aliphatic rings. The molecule has 0 spiro atoms. The van der Waals surface area contributed by atoms with Crippen molar-refractivity contribution >= 4 is 27.7 Å². The predicted octanol–water partition coefficient (Wildman–Crippen LogP) is 2.03. The van der Waals surface area contributed by atoms with Crippen LogP contribution < -0.4 is 5.32 Å².